The monoisotopic (exact) mass is 305 g/mol. The van der Waals surface area contributed by atoms with Gasteiger partial charge in [0.15, 0.2) is 5.69 Å². The van der Waals surface area contributed by atoms with Crippen molar-refractivity contribution < 1.29 is 23.1 Å². The van der Waals surface area contributed by atoms with Gasteiger partial charge >= 0.3 is 6.18 Å². The number of aliphatic hydroxyl groups is 1. The average molecular weight is 305 g/mol. The number of hydrogen-bond donors (Lipinski definition) is 3. The van der Waals surface area contributed by atoms with Crippen molar-refractivity contribution in [1.29, 1.82) is 0 Å². The van der Waals surface area contributed by atoms with E-state index in [9.17, 15) is 18.0 Å². The van der Waals surface area contributed by atoms with Crippen LogP contribution in [0.2, 0.25) is 0 Å². The summed E-state index contributed by atoms with van der Waals surface area (Å²) < 4.78 is 38.5. The second-order valence-corrected chi connectivity index (χ2v) is 5.26. The molecule has 0 aliphatic heterocycles. The zero-order chi connectivity index (χ0) is 15.6. The Balaban J connectivity index is 2.11. The summed E-state index contributed by atoms with van der Waals surface area (Å²) in [6.45, 7) is 1.64. The van der Waals surface area contributed by atoms with E-state index in [4.69, 9.17) is 5.11 Å². The minimum absolute atomic E-state index is 0.0222. The van der Waals surface area contributed by atoms with Crippen LogP contribution < -0.4 is 5.32 Å². The van der Waals surface area contributed by atoms with Gasteiger partial charge in [0.2, 0.25) is 5.91 Å². The topological polar surface area (TPSA) is 78.0 Å². The molecule has 0 fully saturated rings. The highest BCUT2D eigenvalue weighted by Gasteiger charge is 2.40. The van der Waals surface area contributed by atoms with Gasteiger partial charge in [-0.05, 0) is 25.7 Å². The smallest absolute Gasteiger partial charge is 0.394 e. The molecule has 118 valence electrons. The molecule has 21 heavy (non-hydrogen) atoms. The fourth-order valence-electron chi connectivity index (χ4n) is 2.55. The second kappa shape index (κ2) is 6.05. The number of rotatable bonds is 4. The van der Waals surface area contributed by atoms with Crippen LogP contribution in [0.4, 0.5) is 13.2 Å². The van der Waals surface area contributed by atoms with E-state index in [-0.39, 0.29) is 30.5 Å². The molecule has 0 bridgehead atoms. The second-order valence-electron chi connectivity index (χ2n) is 5.26. The first kappa shape index (κ1) is 15.8. The van der Waals surface area contributed by atoms with Crippen LogP contribution in [0.25, 0.3) is 0 Å². The average Bonchev–Trinajstić information content (AvgIpc) is 2.87. The fraction of sp³-hybridized carbons (Fsp3) is 0.692. The third-order valence-corrected chi connectivity index (χ3v) is 3.84. The zero-order valence-corrected chi connectivity index (χ0v) is 11.6. The lowest BCUT2D eigenvalue weighted by Crippen LogP contribution is -2.42. The molecule has 5 nitrogen and oxygen atoms in total. The third kappa shape index (κ3) is 3.37. The largest absolute Gasteiger partial charge is 0.435 e. The van der Waals surface area contributed by atoms with E-state index in [1.165, 1.54) is 0 Å². The third-order valence-electron chi connectivity index (χ3n) is 3.84. The Labute approximate surface area is 119 Å². The lowest BCUT2D eigenvalue weighted by atomic mass is 9.85. The summed E-state index contributed by atoms with van der Waals surface area (Å²) in [4.78, 5) is 12.1. The number of fused-ring (bicyclic) bond motifs is 1. The Morgan fingerprint density at radius 1 is 1.57 bits per heavy atom. The Kier molecular flexibility index (Phi) is 4.55. The molecule has 0 radical (unpaired) electrons. The molecule has 1 aliphatic rings. The molecular weight excluding hydrogens is 287 g/mol. The number of aromatic amines is 1. The number of hydrogen-bond acceptors (Lipinski definition) is 3. The number of carbonyl (C=O) groups excluding carboxylic acids is 1. The van der Waals surface area contributed by atoms with Gasteiger partial charge in [-0.2, -0.15) is 18.3 Å². The molecule has 2 unspecified atom stereocenters. The summed E-state index contributed by atoms with van der Waals surface area (Å²) in [5.74, 6) is -0.826. The summed E-state index contributed by atoms with van der Waals surface area (Å²) in [6, 6.07) is -0.356. The number of amides is 1. The molecule has 2 rings (SSSR count). The molecule has 0 saturated carbocycles. The van der Waals surface area contributed by atoms with Crippen molar-refractivity contribution in [3.63, 3.8) is 0 Å². The van der Waals surface area contributed by atoms with Crippen LogP contribution >= 0.6 is 0 Å². The van der Waals surface area contributed by atoms with E-state index < -0.39 is 17.8 Å². The summed E-state index contributed by atoms with van der Waals surface area (Å²) >= 11 is 0. The van der Waals surface area contributed by atoms with E-state index in [1.807, 2.05) is 6.92 Å². The highest BCUT2D eigenvalue weighted by Crippen LogP contribution is 2.36. The Hall–Kier alpha value is -1.57. The predicted molar refractivity (Wildman–Crippen MR) is 68.4 cm³/mol. The lowest BCUT2D eigenvalue weighted by Gasteiger charge is -2.24. The Morgan fingerprint density at radius 2 is 2.29 bits per heavy atom. The standard InChI is InChI=1S/C13H18F3N3O2/c1-2-8(6-20)17-12(21)7-3-4-10-9(5-7)11(19-18-10)13(14,15)16/h7-8,20H,2-6H2,1H3,(H,17,21)(H,18,19). The molecule has 1 amide bonds. The van der Waals surface area contributed by atoms with Crippen molar-refractivity contribution in [3.8, 4) is 0 Å². The highest BCUT2D eigenvalue weighted by atomic mass is 19.4. The van der Waals surface area contributed by atoms with E-state index in [0.717, 1.165) is 0 Å². The Morgan fingerprint density at radius 3 is 2.86 bits per heavy atom. The molecule has 1 aliphatic carbocycles. The molecule has 0 saturated heterocycles. The van der Waals surface area contributed by atoms with Gasteiger partial charge < -0.3 is 10.4 Å². The van der Waals surface area contributed by atoms with Crippen LogP contribution in [0.3, 0.4) is 0 Å². The maximum absolute atomic E-state index is 12.8. The quantitative estimate of drug-likeness (QED) is 0.787. The number of aromatic nitrogens is 2. The molecule has 1 heterocycles. The SMILES string of the molecule is CCC(CO)NC(=O)C1CCc2[nH]nc(C(F)(F)F)c2C1. The summed E-state index contributed by atoms with van der Waals surface area (Å²) in [6.07, 6.45) is -3.08. The summed E-state index contributed by atoms with van der Waals surface area (Å²) in [5, 5.41) is 17.5. The molecule has 2 atom stereocenters. The van der Waals surface area contributed by atoms with Gasteiger partial charge in [0, 0.05) is 17.2 Å². The van der Waals surface area contributed by atoms with Gasteiger partial charge in [0.25, 0.3) is 0 Å². The number of nitrogens with one attached hydrogen (secondary N) is 2. The van der Waals surface area contributed by atoms with Crippen molar-refractivity contribution in [1.82, 2.24) is 15.5 Å². The number of alkyl halides is 3. The molecule has 0 spiro atoms. The van der Waals surface area contributed by atoms with Gasteiger partial charge in [-0.15, -0.1) is 0 Å². The minimum atomic E-state index is -4.51. The number of nitrogens with zero attached hydrogens (tertiary/aromatic N) is 1. The van der Waals surface area contributed by atoms with Crippen LogP contribution in [0.1, 0.15) is 36.7 Å². The van der Waals surface area contributed by atoms with Crippen LogP contribution in [-0.2, 0) is 23.8 Å². The van der Waals surface area contributed by atoms with Crippen LogP contribution in [-0.4, -0.2) is 33.9 Å². The van der Waals surface area contributed by atoms with Gasteiger partial charge in [0.05, 0.1) is 12.6 Å². The van der Waals surface area contributed by atoms with Crippen molar-refractivity contribution in [2.45, 2.75) is 44.8 Å². The van der Waals surface area contributed by atoms with Gasteiger partial charge in [-0.3, -0.25) is 9.89 Å². The molecule has 1 aromatic heterocycles. The van der Waals surface area contributed by atoms with Crippen LogP contribution in [0.15, 0.2) is 0 Å². The molecule has 8 heteroatoms. The molecule has 1 aromatic rings. The van der Waals surface area contributed by atoms with Crippen molar-refractivity contribution in [3.05, 3.63) is 17.0 Å². The predicted octanol–water partition coefficient (Wildman–Crippen LogP) is 1.42. The van der Waals surface area contributed by atoms with Gasteiger partial charge in [-0.1, -0.05) is 6.92 Å². The summed E-state index contributed by atoms with van der Waals surface area (Å²) in [7, 11) is 0. The normalized spacial score (nSPS) is 20.0. The van der Waals surface area contributed by atoms with Crippen LogP contribution in [0.5, 0.6) is 0 Å². The number of aryl methyl sites for hydroxylation is 1. The molecule has 3 N–H and O–H groups in total. The van der Waals surface area contributed by atoms with E-state index in [1.54, 1.807) is 0 Å². The first-order chi connectivity index (χ1) is 9.86. The van der Waals surface area contributed by atoms with Gasteiger partial charge in [0.1, 0.15) is 0 Å². The van der Waals surface area contributed by atoms with Crippen molar-refractivity contribution >= 4 is 5.91 Å². The van der Waals surface area contributed by atoms with E-state index in [2.05, 4.69) is 15.5 Å². The van der Waals surface area contributed by atoms with Crippen LogP contribution in [0, 0.1) is 5.92 Å². The van der Waals surface area contributed by atoms with Gasteiger partial charge in [-0.25, -0.2) is 0 Å². The number of carbonyl (C=O) groups is 1. The van der Waals surface area contributed by atoms with Crippen molar-refractivity contribution in [2.75, 3.05) is 6.61 Å². The molecule has 0 aromatic carbocycles. The highest BCUT2D eigenvalue weighted by molar-refractivity contribution is 5.79. The van der Waals surface area contributed by atoms with Crippen molar-refractivity contribution in [2.24, 2.45) is 5.92 Å². The number of halogens is 3. The number of H-pyrrole nitrogens is 1. The fourth-order valence-corrected chi connectivity index (χ4v) is 2.55. The minimum Gasteiger partial charge on any atom is -0.394 e. The van der Waals surface area contributed by atoms with E-state index in [0.29, 0.717) is 25.0 Å². The van der Waals surface area contributed by atoms with E-state index >= 15 is 0 Å². The number of aliphatic hydroxyl groups excluding tert-OH is 1. The zero-order valence-electron chi connectivity index (χ0n) is 11.6. The molecular formula is C13H18F3N3O2. The maximum Gasteiger partial charge on any atom is 0.435 e. The Bertz CT molecular complexity index is 509. The first-order valence-electron chi connectivity index (χ1n) is 6.91. The maximum atomic E-state index is 12.8. The lowest BCUT2D eigenvalue weighted by molar-refractivity contribution is -0.142. The summed E-state index contributed by atoms with van der Waals surface area (Å²) in [5.41, 5.74) is -0.379. The first-order valence-corrected chi connectivity index (χ1v) is 6.91.